The Bertz CT molecular complexity index is 407. The molecule has 108 valence electrons. The van der Waals surface area contributed by atoms with Crippen molar-refractivity contribution in [3.8, 4) is 0 Å². The van der Waals surface area contributed by atoms with Gasteiger partial charge in [-0.05, 0) is 31.2 Å². The lowest BCUT2D eigenvalue weighted by molar-refractivity contribution is -0.119. The monoisotopic (exact) mass is 294 g/mol. The number of hydrogen-bond donors (Lipinski definition) is 1. The van der Waals surface area contributed by atoms with Gasteiger partial charge in [0.15, 0.2) is 0 Å². The number of halogens is 4. The molecule has 0 aromatic heterocycles. The number of rotatable bonds is 6. The Kier molecular flexibility index (Phi) is 5.94. The third-order valence-electron chi connectivity index (χ3n) is 2.71. The molecule has 1 N–H and O–H groups in total. The summed E-state index contributed by atoms with van der Waals surface area (Å²) in [6, 6.07) is 5.04. The van der Waals surface area contributed by atoms with E-state index in [0.717, 1.165) is 12.1 Å². The van der Waals surface area contributed by atoms with Crippen molar-refractivity contribution in [3.05, 3.63) is 28.8 Å². The standard InChI is InChI=1S/C13H18ClF3N2/c1-3-18-8-10-5-6-11(14)7-12(10)19(4-2)9-13(15,16)17/h5-7,18H,3-4,8-9H2,1-2H3. The zero-order chi connectivity index (χ0) is 14.5. The Morgan fingerprint density at radius 3 is 2.47 bits per heavy atom. The van der Waals surface area contributed by atoms with Gasteiger partial charge in [-0.1, -0.05) is 24.6 Å². The fourth-order valence-corrected chi connectivity index (χ4v) is 1.99. The van der Waals surface area contributed by atoms with Crippen LogP contribution >= 0.6 is 11.6 Å². The van der Waals surface area contributed by atoms with Gasteiger partial charge in [-0.3, -0.25) is 0 Å². The van der Waals surface area contributed by atoms with Crippen LogP contribution in [-0.4, -0.2) is 25.8 Å². The highest BCUT2D eigenvalue weighted by Crippen LogP contribution is 2.28. The maximum absolute atomic E-state index is 12.6. The molecule has 0 atom stereocenters. The number of nitrogens with one attached hydrogen (secondary N) is 1. The molecule has 0 saturated carbocycles. The minimum absolute atomic E-state index is 0.277. The van der Waals surface area contributed by atoms with Crippen LogP contribution in [-0.2, 0) is 6.54 Å². The van der Waals surface area contributed by atoms with Crippen LogP contribution in [0.3, 0.4) is 0 Å². The fraction of sp³-hybridized carbons (Fsp3) is 0.538. The molecule has 6 heteroatoms. The highest BCUT2D eigenvalue weighted by Gasteiger charge is 2.31. The van der Waals surface area contributed by atoms with Crippen LogP contribution in [0.4, 0.5) is 18.9 Å². The molecule has 0 saturated heterocycles. The topological polar surface area (TPSA) is 15.3 Å². The summed E-state index contributed by atoms with van der Waals surface area (Å²) in [5.41, 5.74) is 1.35. The molecule has 0 bridgehead atoms. The van der Waals surface area contributed by atoms with Crippen molar-refractivity contribution < 1.29 is 13.2 Å². The minimum Gasteiger partial charge on any atom is -0.363 e. The zero-order valence-corrected chi connectivity index (χ0v) is 11.8. The third kappa shape index (κ3) is 5.28. The van der Waals surface area contributed by atoms with Crippen LogP contribution in [0.5, 0.6) is 0 Å². The first-order valence-corrected chi connectivity index (χ1v) is 6.56. The molecule has 19 heavy (non-hydrogen) atoms. The third-order valence-corrected chi connectivity index (χ3v) is 2.94. The molecule has 0 fully saturated rings. The van der Waals surface area contributed by atoms with Crippen molar-refractivity contribution in [3.63, 3.8) is 0 Å². The molecule has 0 radical (unpaired) electrons. The van der Waals surface area contributed by atoms with E-state index in [0.29, 0.717) is 17.3 Å². The van der Waals surface area contributed by atoms with E-state index in [1.54, 1.807) is 25.1 Å². The number of nitrogens with zero attached hydrogens (tertiary/aromatic N) is 1. The molecule has 0 heterocycles. The summed E-state index contributed by atoms with van der Waals surface area (Å²) in [7, 11) is 0. The average molecular weight is 295 g/mol. The number of benzene rings is 1. The Hall–Kier alpha value is -0.940. The molecular weight excluding hydrogens is 277 g/mol. The molecule has 0 aliphatic carbocycles. The summed E-state index contributed by atoms with van der Waals surface area (Å²) in [4.78, 5) is 1.29. The number of hydrogen-bond acceptors (Lipinski definition) is 2. The Balaban J connectivity index is 3.02. The predicted octanol–water partition coefficient (Wildman–Crippen LogP) is 3.84. The first-order valence-electron chi connectivity index (χ1n) is 6.18. The highest BCUT2D eigenvalue weighted by molar-refractivity contribution is 6.30. The Morgan fingerprint density at radius 1 is 1.26 bits per heavy atom. The molecule has 0 amide bonds. The lowest BCUT2D eigenvalue weighted by Crippen LogP contribution is -2.35. The van der Waals surface area contributed by atoms with Gasteiger partial charge in [0.1, 0.15) is 6.54 Å². The second-order valence-corrected chi connectivity index (χ2v) is 4.62. The normalized spacial score (nSPS) is 11.7. The van der Waals surface area contributed by atoms with Crippen LogP contribution in [0, 0.1) is 0 Å². The summed E-state index contributed by atoms with van der Waals surface area (Å²) in [6.45, 7) is 4.24. The number of alkyl halides is 3. The summed E-state index contributed by atoms with van der Waals surface area (Å²) in [5, 5.41) is 3.56. The lowest BCUT2D eigenvalue weighted by atomic mass is 10.1. The predicted molar refractivity (Wildman–Crippen MR) is 72.8 cm³/mol. The van der Waals surface area contributed by atoms with Gasteiger partial charge in [0, 0.05) is 23.8 Å². The highest BCUT2D eigenvalue weighted by atomic mass is 35.5. The smallest absolute Gasteiger partial charge is 0.363 e. The van der Waals surface area contributed by atoms with Crippen LogP contribution in [0.1, 0.15) is 19.4 Å². The molecule has 0 aliphatic rings. The SMILES string of the molecule is CCNCc1ccc(Cl)cc1N(CC)CC(F)(F)F. The van der Waals surface area contributed by atoms with Crippen molar-refractivity contribution in [1.29, 1.82) is 0 Å². The van der Waals surface area contributed by atoms with E-state index in [2.05, 4.69) is 5.32 Å². The van der Waals surface area contributed by atoms with Crippen molar-refractivity contribution in [2.24, 2.45) is 0 Å². The Morgan fingerprint density at radius 2 is 1.95 bits per heavy atom. The van der Waals surface area contributed by atoms with Crippen molar-refractivity contribution in [1.82, 2.24) is 5.32 Å². The molecule has 1 aromatic rings. The van der Waals surface area contributed by atoms with Gasteiger partial charge >= 0.3 is 6.18 Å². The quantitative estimate of drug-likeness (QED) is 0.857. The second kappa shape index (κ2) is 7.01. The van der Waals surface area contributed by atoms with E-state index in [1.165, 1.54) is 4.90 Å². The summed E-state index contributed by atoms with van der Waals surface area (Å²) >= 11 is 5.89. The second-order valence-electron chi connectivity index (χ2n) is 4.18. The van der Waals surface area contributed by atoms with Gasteiger partial charge in [0.2, 0.25) is 0 Å². The Labute approximate surface area is 116 Å². The van der Waals surface area contributed by atoms with Crippen molar-refractivity contribution in [2.75, 3.05) is 24.5 Å². The molecule has 1 rings (SSSR count). The fourth-order valence-electron chi connectivity index (χ4n) is 1.82. The maximum Gasteiger partial charge on any atom is 0.405 e. The van der Waals surface area contributed by atoms with Gasteiger partial charge in [0.05, 0.1) is 0 Å². The summed E-state index contributed by atoms with van der Waals surface area (Å²) < 4.78 is 37.7. The minimum atomic E-state index is -4.23. The van der Waals surface area contributed by atoms with Gasteiger partial charge in [-0.2, -0.15) is 13.2 Å². The molecule has 2 nitrogen and oxygen atoms in total. The van der Waals surface area contributed by atoms with E-state index in [-0.39, 0.29) is 6.54 Å². The van der Waals surface area contributed by atoms with E-state index in [4.69, 9.17) is 11.6 Å². The van der Waals surface area contributed by atoms with Gasteiger partial charge < -0.3 is 10.2 Å². The van der Waals surface area contributed by atoms with E-state index < -0.39 is 12.7 Å². The average Bonchev–Trinajstić information content (AvgIpc) is 2.33. The van der Waals surface area contributed by atoms with Crippen LogP contribution in [0.2, 0.25) is 5.02 Å². The summed E-state index contributed by atoms with van der Waals surface area (Å²) in [6.07, 6.45) is -4.23. The van der Waals surface area contributed by atoms with Crippen molar-refractivity contribution in [2.45, 2.75) is 26.6 Å². The van der Waals surface area contributed by atoms with Gasteiger partial charge in [0.25, 0.3) is 0 Å². The van der Waals surface area contributed by atoms with E-state index in [9.17, 15) is 13.2 Å². The molecule has 0 aliphatic heterocycles. The van der Waals surface area contributed by atoms with Gasteiger partial charge in [-0.15, -0.1) is 0 Å². The van der Waals surface area contributed by atoms with E-state index >= 15 is 0 Å². The van der Waals surface area contributed by atoms with Crippen LogP contribution < -0.4 is 10.2 Å². The summed E-state index contributed by atoms with van der Waals surface area (Å²) in [5.74, 6) is 0. The molecular formula is C13H18ClF3N2. The van der Waals surface area contributed by atoms with Crippen LogP contribution in [0.25, 0.3) is 0 Å². The van der Waals surface area contributed by atoms with Crippen molar-refractivity contribution >= 4 is 17.3 Å². The largest absolute Gasteiger partial charge is 0.405 e. The zero-order valence-electron chi connectivity index (χ0n) is 11.0. The first-order chi connectivity index (χ1) is 8.87. The molecule has 1 aromatic carbocycles. The van der Waals surface area contributed by atoms with Gasteiger partial charge in [-0.25, -0.2) is 0 Å². The first kappa shape index (κ1) is 16.1. The number of anilines is 1. The van der Waals surface area contributed by atoms with E-state index in [1.807, 2.05) is 6.92 Å². The van der Waals surface area contributed by atoms with Crippen LogP contribution in [0.15, 0.2) is 18.2 Å². The molecule has 0 spiro atoms. The lowest BCUT2D eigenvalue weighted by Gasteiger charge is -2.27. The maximum atomic E-state index is 12.6. The molecule has 0 unspecified atom stereocenters.